The monoisotopic (exact) mass is 170 g/mol. The van der Waals surface area contributed by atoms with Gasteiger partial charge in [-0.25, -0.2) is 0 Å². The summed E-state index contributed by atoms with van der Waals surface area (Å²) in [5, 5.41) is 0. The second-order valence-electron chi connectivity index (χ2n) is 4.15. The molecule has 1 aliphatic carbocycles. The first kappa shape index (κ1) is 9.31. The molecule has 0 nitrogen and oxygen atoms in total. The molecule has 0 aromatic carbocycles. The molecular formula is C10H22Si. The molecule has 1 heteroatoms. The molecule has 0 aliphatic heterocycles. The topological polar surface area (TPSA) is 0 Å². The molecule has 0 spiro atoms. The molecule has 3 atom stereocenters. The maximum absolute atomic E-state index is 2.36. The second-order valence-corrected chi connectivity index (χ2v) is 5.49. The van der Waals surface area contributed by atoms with Crippen molar-refractivity contribution < 1.29 is 0 Å². The zero-order valence-electron chi connectivity index (χ0n) is 8.27. The van der Waals surface area contributed by atoms with Gasteiger partial charge in [-0.1, -0.05) is 46.0 Å². The van der Waals surface area contributed by atoms with E-state index in [2.05, 4.69) is 13.8 Å². The van der Waals surface area contributed by atoms with Gasteiger partial charge >= 0.3 is 0 Å². The summed E-state index contributed by atoms with van der Waals surface area (Å²) >= 11 is 0. The highest BCUT2D eigenvalue weighted by molar-refractivity contribution is 6.12. The summed E-state index contributed by atoms with van der Waals surface area (Å²) in [5.74, 6) is 2.23. The highest BCUT2D eigenvalue weighted by Crippen LogP contribution is 2.43. The van der Waals surface area contributed by atoms with Gasteiger partial charge in [0.25, 0.3) is 0 Å². The molecule has 0 aromatic heterocycles. The van der Waals surface area contributed by atoms with Crippen LogP contribution in [0.3, 0.4) is 0 Å². The molecule has 66 valence electrons. The summed E-state index contributed by atoms with van der Waals surface area (Å²) in [5.41, 5.74) is 1.15. The molecule has 3 unspecified atom stereocenters. The van der Waals surface area contributed by atoms with E-state index >= 15 is 0 Å². The Bertz CT molecular complexity index is 111. The standard InChI is InChI=1S/C10H22Si/c1-3-5-9-7-6-8(4-2)10(9)11/h8-10H,3-7H2,1-2,11H3. The minimum absolute atomic E-state index is 1.11. The predicted molar refractivity (Wildman–Crippen MR) is 55.1 cm³/mol. The van der Waals surface area contributed by atoms with Crippen LogP contribution >= 0.6 is 0 Å². The summed E-state index contributed by atoms with van der Waals surface area (Å²) in [4.78, 5) is 0. The van der Waals surface area contributed by atoms with Crippen LogP contribution in [-0.4, -0.2) is 10.2 Å². The van der Waals surface area contributed by atoms with Crippen molar-refractivity contribution in [3.05, 3.63) is 0 Å². The third-order valence-electron chi connectivity index (χ3n) is 3.58. The third kappa shape index (κ3) is 2.08. The fourth-order valence-electron chi connectivity index (χ4n) is 2.69. The van der Waals surface area contributed by atoms with Gasteiger partial charge in [0, 0.05) is 10.2 Å². The first-order chi connectivity index (χ1) is 5.29. The first-order valence-corrected chi connectivity index (χ1v) is 6.45. The molecule has 0 radical (unpaired) electrons. The number of rotatable bonds is 3. The van der Waals surface area contributed by atoms with Crippen LogP contribution in [0.15, 0.2) is 0 Å². The Labute approximate surface area is 74.2 Å². The lowest BCUT2D eigenvalue weighted by atomic mass is 9.98. The van der Waals surface area contributed by atoms with Crippen LogP contribution in [0.4, 0.5) is 0 Å². The van der Waals surface area contributed by atoms with E-state index in [-0.39, 0.29) is 0 Å². The number of hydrogen-bond donors (Lipinski definition) is 0. The summed E-state index contributed by atoms with van der Waals surface area (Å²) in [6.45, 7) is 4.69. The van der Waals surface area contributed by atoms with E-state index in [1.807, 2.05) is 0 Å². The predicted octanol–water partition coefficient (Wildman–Crippen LogP) is 2.38. The molecule has 0 heterocycles. The maximum Gasteiger partial charge on any atom is 0.00743 e. The summed E-state index contributed by atoms with van der Waals surface area (Å²) in [7, 11) is 1.44. The van der Waals surface area contributed by atoms with E-state index in [0.717, 1.165) is 17.4 Å². The first-order valence-electron chi connectivity index (χ1n) is 5.29. The molecule has 0 amide bonds. The lowest BCUT2D eigenvalue weighted by Gasteiger charge is -2.18. The molecule has 1 rings (SSSR count). The van der Waals surface area contributed by atoms with Crippen molar-refractivity contribution in [2.24, 2.45) is 11.8 Å². The van der Waals surface area contributed by atoms with Gasteiger partial charge < -0.3 is 0 Å². The van der Waals surface area contributed by atoms with E-state index in [1.54, 1.807) is 6.42 Å². The van der Waals surface area contributed by atoms with Gasteiger partial charge in [-0.05, 0) is 17.4 Å². The van der Waals surface area contributed by atoms with E-state index in [0.29, 0.717) is 0 Å². The SMILES string of the molecule is CCCC1CCC(CC)C1[SiH3]. The van der Waals surface area contributed by atoms with Gasteiger partial charge in [0.05, 0.1) is 0 Å². The van der Waals surface area contributed by atoms with Crippen LogP contribution in [0.25, 0.3) is 0 Å². The van der Waals surface area contributed by atoms with E-state index in [1.165, 1.54) is 35.9 Å². The third-order valence-corrected chi connectivity index (χ3v) is 5.46. The quantitative estimate of drug-likeness (QED) is 0.571. The van der Waals surface area contributed by atoms with Crippen molar-refractivity contribution in [3.8, 4) is 0 Å². The summed E-state index contributed by atoms with van der Waals surface area (Å²) < 4.78 is 0. The van der Waals surface area contributed by atoms with Crippen LogP contribution in [0.2, 0.25) is 5.54 Å². The van der Waals surface area contributed by atoms with Crippen LogP contribution in [0.1, 0.15) is 46.0 Å². The number of hydrogen-bond acceptors (Lipinski definition) is 0. The Morgan fingerprint density at radius 3 is 2.27 bits per heavy atom. The normalized spacial score (nSPS) is 38.2. The van der Waals surface area contributed by atoms with E-state index in [9.17, 15) is 0 Å². The van der Waals surface area contributed by atoms with Crippen LogP contribution < -0.4 is 0 Å². The lowest BCUT2D eigenvalue weighted by molar-refractivity contribution is 0.454. The molecule has 0 bridgehead atoms. The second kappa shape index (κ2) is 4.29. The Morgan fingerprint density at radius 1 is 1.18 bits per heavy atom. The van der Waals surface area contributed by atoms with Gasteiger partial charge in [0.15, 0.2) is 0 Å². The Hall–Kier alpha value is 0.217. The van der Waals surface area contributed by atoms with Gasteiger partial charge in [-0.15, -0.1) is 0 Å². The van der Waals surface area contributed by atoms with Crippen molar-refractivity contribution in [2.75, 3.05) is 0 Å². The average molecular weight is 170 g/mol. The van der Waals surface area contributed by atoms with Crippen LogP contribution in [0.5, 0.6) is 0 Å². The Balaban J connectivity index is 2.35. The molecule has 1 saturated carbocycles. The molecule has 1 aliphatic rings. The molecule has 0 aromatic rings. The van der Waals surface area contributed by atoms with Crippen molar-refractivity contribution >= 4 is 10.2 Å². The van der Waals surface area contributed by atoms with Crippen LogP contribution in [-0.2, 0) is 0 Å². The average Bonchev–Trinajstić information content (AvgIpc) is 2.34. The van der Waals surface area contributed by atoms with Crippen molar-refractivity contribution in [1.29, 1.82) is 0 Å². The lowest BCUT2D eigenvalue weighted by Crippen LogP contribution is -2.07. The molecule has 0 N–H and O–H groups in total. The zero-order valence-corrected chi connectivity index (χ0v) is 10.3. The van der Waals surface area contributed by atoms with Crippen molar-refractivity contribution in [1.82, 2.24) is 0 Å². The fourth-order valence-corrected chi connectivity index (χ4v) is 4.16. The maximum atomic E-state index is 2.36. The highest BCUT2D eigenvalue weighted by Gasteiger charge is 2.30. The summed E-state index contributed by atoms with van der Waals surface area (Å²) in [6, 6.07) is 0. The molecule has 0 saturated heterocycles. The van der Waals surface area contributed by atoms with E-state index in [4.69, 9.17) is 0 Å². The Kier molecular flexibility index (Phi) is 3.63. The van der Waals surface area contributed by atoms with Crippen molar-refractivity contribution in [2.45, 2.75) is 51.5 Å². The minimum atomic E-state index is 1.11. The van der Waals surface area contributed by atoms with Gasteiger partial charge in [0.1, 0.15) is 0 Å². The molecule has 1 fully saturated rings. The smallest absolute Gasteiger partial charge is 0.00743 e. The van der Waals surface area contributed by atoms with Gasteiger partial charge in [-0.2, -0.15) is 0 Å². The van der Waals surface area contributed by atoms with Gasteiger partial charge in [0.2, 0.25) is 0 Å². The summed E-state index contributed by atoms with van der Waals surface area (Å²) in [6.07, 6.45) is 7.43. The van der Waals surface area contributed by atoms with E-state index < -0.39 is 0 Å². The Morgan fingerprint density at radius 2 is 1.82 bits per heavy atom. The van der Waals surface area contributed by atoms with Gasteiger partial charge in [-0.3, -0.25) is 0 Å². The molecule has 11 heavy (non-hydrogen) atoms. The van der Waals surface area contributed by atoms with Crippen molar-refractivity contribution in [3.63, 3.8) is 0 Å². The molecular weight excluding hydrogens is 148 g/mol. The van der Waals surface area contributed by atoms with Crippen LogP contribution in [0, 0.1) is 11.8 Å². The fraction of sp³-hybridized carbons (Fsp3) is 1.00. The zero-order chi connectivity index (χ0) is 8.27. The minimum Gasteiger partial charge on any atom is -0.0654 e. The largest absolute Gasteiger partial charge is 0.0654 e. The highest BCUT2D eigenvalue weighted by atomic mass is 28.1.